The van der Waals surface area contributed by atoms with E-state index in [1.54, 1.807) is 0 Å². The fourth-order valence-electron chi connectivity index (χ4n) is 2.64. The van der Waals surface area contributed by atoms with E-state index in [9.17, 15) is 4.79 Å². The number of carbonyl (C=O) groups excluding carboxylic acids is 1. The summed E-state index contributed by atoms with van der Waals surface area (Å²) in [6.45, 7) is 2.09. The van der Waals surface area contributed by atoms with Crippen molar-refractivity contribution in [1.29, 1.82) is 0 Å². The van der Waals surface area contributed by atoms with Crippen molar-refractivity contribution in [2.45, 2.75) is 18.9 Å². The first-order valence-electron chi connectivity index (χ1n) is 7.47. The van der Waals surface area contributed by atoms with Gasteiger partial charge in [-0.15, -0.1) is 11.3 Å². The second-order valence-electron chi connectivity index (χ2n) is 5.72. The van der Waals surface area contributed by atoms with Crippen molar-refractivity contribution >= 4 is 28.8 Å². The van der Waals surface area contributed by atoms with E-state index in [4.69, 9.17) is 11.6 Å². The minimum atomic E-state index is 0.0415. The molecule has 2 heterocycles. The summed E-state index contributed by atoms with van der Waals surface area (Å²) >= 11 is 7.43. The number of hydrogen-bond donors (Lipinski definition) is 1. The first kappa shape index (κ1) is 15.5. The molecule has 0 radical (unpaired) electrons. The van der Waals surface area contributed by atoms with Gasteiger partial charge in [-0.3, -0.25) is 4.79 Å². The van der Waals surface area contributed by atoms with E-state index in [2.05, 4.69) is 17.3 Å². The van der Waals surface area contributed by atoms with Crippen LogP contribution in [0.25, 0.3) is 10.4 Å². The topological polar surface area (TPSA) is 32.3 Å². The van der Waals surface area contributed by atoms with Gasteiger partial charge in [0, 0.05) is 15.9 Å². The largest absolute Gasteiger partial charge is 0.349 e. The number of rotatable bonds is 3. The molecule has 1 aromatic heterocycles. The van der Waals surface area contributed by atoms with Gasteiger partial charge in [-0.2, -0.15) is 0 Å². The Labute approximate surface area is 139 Å². The van der Waals surface area contributed by atoms with Crippen molar-refractivity contribution < 1.29 is 4.79 Å². The van der Waals surface area contributed by atoms with Crippen LogP contribution >= 0.6 is 22.9 Å². The van der Waals surface area contributed by atoms with Crippen molar-refractivity contribution in [2.24, 2.45) is 0 Å². The molecule has 1 N–H and O–H groups in total. The third kappa shape index (κ3) is 3.69. The molecule has 3 nitrogen and oxygen atoms in total. The number of likely N-dealkylation sites (tertiary alicyclic amines) is 1. The van der Waals surface area contributed by atoms with Crippen LogP contribution in [0, 0.1) is 0 Å². The van der Waals surface area contributed by atoms with Crippen LogP contribution in [0.5, 0.6) is 0 Å². The quantitative estimate of drug-likeness (QED) is 0.923. The summed E-state index contributed by atoms with van der Waals surface area (Å²) in [5.74, 6) is 0.0415. The second-order valence-corrected chi connectivity index (χ2v) is 7.24. The molecule has 1 fully saturated rings. The highest BCUT2D eigenvalue weighted by atomic mass is 35.5. The Bertz CT molecular complexity index is 645. The van der Waals surface area contributed by atoms with Gasteiger partial charge in [-0.05, 0) is 62.8 Å². The molecular weight excluding hydrogens is 316 g/mol. The fraction of sp³-hybridized carbons (Fsp3) is 0.353. The van der Waals surface area contributed by atoms with Gasteiger partial charge in [-0.25, -0.2) is 0 Å². The Morgan fingerprint density at radius 2 is 1.86 bits per heavy atom. The molecule has 0 aliphatic carbocycles. The summed E-state index contributed by atoms with van der Waals surface area (Å²) in [6, 6.07) is 11.9. The van der Waals surface area contributed by atoms with Crippen molar-refractivity contribution in [2.75, 3.05) is 20.1 Å². The zero-order valence-electron chi connectivity index (χ0n) is 12.5. The molecule has 116 valence electrons. The van der Waals surface area contributed by atoms with Crippen LogP contribution in [0.1, 0.15) is 22.5 Å². The molecule has 0 spiro atoms. The van der Waals surface area contributed by atoms with E-state index in [0.29, 0.717) is 6.04 Å². The molecule has 1 aliphatic heterocycles. The summed E-state index contributed by atoms with van der Waals surface area (Å²) in [4.78, 5) is 16.5. The third-order valence-electron chi connectivity index (χ3n) is 4.01. The molecule has 22 heavy (non-hydrogen) atoms. The number of thiophene rings is 1. The molecule has 1 amide bonds. The highest BCUT2D eigenvalue weighted by Gasteiger charge is 2.20. The lowest BCUT2D eigenvalue weighted by molar-refractivity contribution is 0.0921. The van der Waals surface area contributed by atoms with Gasteiger partial charge in [0.25, 0.3) is 5.91 Å². The predicted molar refractivity (Wildman–Crippen MR) is 92.8 cm³/mol. The Balaban J connectivity index is 1.65. The maximum Gasteiger partial charge on any atom is 0.261 e. The number of nitrogens with one attached hydrogen (secondary N) is 1. The number of halogens is 1. The molecule has 1 aliphatic rings. The summed E-state index contributed by atoms with van der Waals surface area (Å²) in [7, 11) is 2.12. The Morgan fingerprint density at radius 3 is 2.55 bits per heavy atom. The fourth-order valence-corrected chi connectivity index (χ4v) is 3.68. The lowest BCUT2D eigenvalue weighted by atomic mass is 10.1. The van der Waals surface area contributed by atoms with Gasteiger partial charge in [-0.1, -0.05) is 23.7 Å². The average Bonchev–Trinajstić information content (AvgIpc) is 3.00. The summed E-state index contributed by atoms with van der Waals surface area (Å²) in [5.41, 5.74) is 1.09. The molecule has 0 atom stereocenters. The van der Waals surface area contributed by atoms with Gasteiger partial charge in [0.2, 0.25) is 0 Å². The standard InChI is InChI=1S/C17H19ClN2OS/c1-20-10-8-14(9-11-20)19-17(21)16-7-6-15(22-16)12-2-4-13(18)5-3-12/h2-7,14H,8-11H2,1H3,(H,19,21). The molecule has 0 unspecified atom stereocenters. The first-order chi connectivity index (χ1) is 10.6. The third-order valence-corrected chi connectivity index (χ3v) is 5.40. The number of amides is 1. The first-order valence-corrected chi connectivity index (χ1v) is 8.66. The van der Waals surface area contributed by atoms with E-state index in [0.717, 1.165) is 46.3 Å². The van der Waals surface area contributed by atoms with Crippen LogP contribution < -0.4 is 5.32 Å². The Morgan fingerprint density at radius 1 is 1.18 bits per heavy atom. The van der Waals surface area contributed by atoms with E-state index in [-0.39, 0.29) is 5.91 Å². The highest BCUT2D eigenvalue weighted by molar-refractivity contribution is 7.17. The normalized spacial score (nSPS) is 16.6. The summed E-state index contributed by atoms with van der Waals surface area (Å²) < 4.78 is 0. The van der Waals surface area contributed by atoms with Crippen LogP contribution in [-0.4, -0.2) is 37.0 Å². The highest BCUT2D eigenvalue weighted by Crippen LogP contribution is 2.29. The minimum Gasteiger partial charge on any atom is -0.349 e. The van der Waals surface area contributed by atoms with Crippen LogP contribution in [0.15, 0.2) is 36.4 Å². The van der Waals surface area contributed by atoms with Gasteiger partial charge < -0.3 is 10.2 Å². The van der Waals surface area contributed by atoms with Gasteiger partial charge in [0.05, 0.1) is 4.88 Å². The van der Waals surface area contributed by atoms with Crippen molar-refractivity contribution in [3.8, 4) is 10.4 Å². The van der Waals surface area contributed by atoms with Crippen molar-refractivity contribution in [3.63, 3.8) is 0 Å². The van der Waals surface area contributed by atoms with E-state index in [1.807, 2.05) is 36.4 Å². The molecule has 1 saturated heterocycles. The van der Waals surface area contributed by atoms with Crippen LogP contribution in [-0.2, 0) is 0 Å². The van der Waals surface area contributed by atoms with E-state index in [1.165, 1.54) is 11.3 Å². The average molecular weight is 335 g/mol. The second kappa shape index (κ2) is 6.82. The lowest BCUT2D eigenvalue weighted by Gasteiger charge is -2.29. The molecule has 3 rings (SSSR count). The molecule has 0 bridgehead atoms. The molecule has 5 heteroatoms. The van der Waals surface area contributed by atoms with E-state index < -0.39 is 0 Å². The molecule has 2 aromatic rings. The van der Waals surface area contributed by atoms with Gasteiger partial charge in [0.1, 0.15) is 0 Å². The number of benzene rings is 1. The number of hydrogen-bond acceptors (Lipinski definition) is 3. The van der Waals surface area contributed by atoms with Gasteiger partial charge in [0.15, 0.2) is 0 Å². The Hall–Kier alpha value is -1.36. The maximum absolute atomic E-state index is 12.4. The molecule has 0 saturated carbocycles. The van der Waals surface area contributed by atoms with E-state index >= 15 is 0 Å². The number of nitrogens with zero attached hydrogens (tertiary/aromatic N) is 1. The van der Waals surface area contributed by atoms with Crippen molar-refractivity contribution in [1.82, 2.24) is 10.2 Å². The van der Waals surface area contributed by atoms with Crippen LogP contribution in [0.4, 0.5) is 0 Å². The molecule has 1 aromatic carbocycles. The molecular formula is C17H19ClN2OS. The minimum absolute atomic E-state index is 0.0415. The monoisotopic (exact) mass is 334 g/mol. The zero-order valence-corrected chi connectivity index (χ0v) is 14.1. The van der Waals surface area contributed by atoms with Crippen LogP contribution in [0.2, 0.25) is 5.02 Å². The lowest BCUT2D eigenvalue weighted by Crippen LogP contribution is -2.43. The number of carbonyl (C=O) groups is 1. The maximum atomic E-state index is 12.4. The number of piperidine rings is 1. The summed E-state index contributed by atoms with van der Waals surface area (Å²) in [5, 5.41) is 3.88. The predicted octanol–water partition coefficient (Wildman–Crippen LogP) is 3.89. The van der Waals surface area contributed by atoms with Crippen molar-refractivity contribution in [3.05, 3.63) is 46.3 Å². The Kier molecular flexibility index (Phi) is 4.81. The zero-order chi connectivity index (χ0) is 15.5. The SMILES string of the molecule is CN1CCC(NC(=O)c2ccc(-c3ccc(Cl)cc3)s2)CC1. The van der Waals surface area contributed by atoms with Crippen LogP contribution in [0.3, 0.4) is 0 Å². The smallest absolute Gasteiger partial charge is 0.261 e. The summed E-state index contributed by atoms with van der Waals surface area (Å²) in [6.07, 6.45) is 2.05. The van der Waals surface area contributed by atoms with Gasteiger partial charge >= 0.3 is 0 Å².